The second kappa shape index (κ2) is 6.58. The number of aromatic nitrogens is 2. The van der Waals surface area contributed by atoms with Gasteiger partial charge in [-0.05, 0) is 16.3 Å². The van der Waals surface area contributed by atoms with E-state index in [0.717, 1.165) is 6.42 Å². The molecule has 0 atom stereocenters. The Balaban J connectivity index is 2.46. The number of hydrogen-bond donors (Lipinski definition) is 2. The average molecular weight is 255 g/mol. The normalized spacial score (nSPS) is 10.1. The molecule has 0 aliphatic heterocycles. The van der Waals surface area contributed by atoms with E-state index in [1.807, 2.05) is 6.92 Å². The molecule has 0 radical (unpaired) electrons. The Hall–Kier alpha value is -2.12. The number of carbonyl (C=O) groups is 1. The zero-order valence-corrected chi connectivity index (χ0v) is 10.5. The van der Waals surface area contributed by atoms with Crippen molar-refractivity contribution in [3.8, 4) is 0 Å². The van der Waals surface area contributed by atoms with Gasteiger partial charge in [0.25, 0.3) is 0 Å². The van der Waals surface area contributed by atoms with Gasteiger partial charge in [0.05, 0.1) is 0 Å². The number of hydrogen-bond acceptors (Lipinski definition) is 5. The zero-order valence-electron chi connectivity index (χ0n) is 10.5. The molecule has 0 fully saturated rings. The van der Waals surface area contributed by atoms with Crippen LogP contribution in [0.3, 0.4) is 0 Å². The number of nitrogens with zero attached hydrogens (tertiary/aromatic N) is 3. The molecule has 1 amide bonds. The van der Waals surface area contributed by atoms with Gasteiger partial charge in [0.1, 0.15) is 0 Å². The van der Waals surface area contributed by atoms with Crippen molar-refractivity contribution >= 4 is 17.5 Å². The first kappa shape index (κ1) is 13.9. The summed E-state index contributed by atoms with van der Waals surface area (Å²) in [5.74, 6) is 0.00364. The minimum Gasteiger partial charge on any atom is -0.364 e. The summed E-state index contributed by atoms with van der Waals surface area (Å²) >= 11 is 0. The summed E-state index contributed by atoms with van der Waals surface area (Å²) < 4.78 is 1.52. The fourth-order valence-electron chi connectivity index (χ4n) is 1.40. The molecular weight excluding hydrogens is 238 g/mol. The highest BCUT2D eigenvalue weighted by Crippen LogP contribution is 2.20. The minimum absolute atomic E-state index is 0.0748. The highest BCUT2D eigenvalue weighted by molar-refractivity contribution is 5.76. The summed E-state index contributed by atoms with van der Waals surface area (Å²) in [7, 11) is 1.65. The lowest BCUT2D eigenvalue weighted by molar-refractivity contribution is -0.388. The van der Waals surface area contributed by atoms with Gasteiger partial charge in [0.15, 0.2) is 0 Å². The highest BCUT2D eigenvalue weighted by atomic mass is 16.6. The maximum absolute atomic E-state index is 11.3. The Kier molecular flexibility index (Phi) is 5.09. The third-order valence-electron chi connectivity index (χ3n) is 2.31. The average Bonchev–Trinajstić information content (AvgIpc) is 2.68. The Labute approximate surface area is 105 Å². The van der Waals surface area contributed by atoms with Crippen LogP contribution < -0.4 is 10.6 Å². The van der Waals surface area contributed by atoms with E-state index in [0.29, 0.717) is 18.9 Å². The van der Waals surface area contributed by atoms with E-state index in [1.54, 1.807) is 7.05 Å². The van der Waals surface area contributed by atoms with Gasteiger partial charge in [-0.2, -0.15) is 0 Å². The van der Waals surface area contributed by atoms with E-state index >= 15 is 0 Å². The number of carbonyl (C=O) groups excluding carboxylic acids is 1. The molecular formula is C10H17N5O3. The second-order valence-electron chi connectivity index (χ2n) is 3.81. The first-order chi connectivity index (χ1) is 8.56. The molecule has 0 bridgehead atoms. The monoisotopic (exact) mass is 255 g/mol. The van der Waals surface area contributed by atoms with Crippen molar-refractivity contribution in [1.82, 2.24) is 14.9 Å². The molecule has 2 N–H and O–H groups in total. The van der Waals surface area contributed by atoms with Crippen molar-refractivity contribution in [2.75, 3.05) is 18.4 Å². The number of amides is 1. The zero-order chi connectivity index (χ0) is 13.5. The summed E-state index contributed by atoms with van der Waals surface area (Å²) in [6.07, 6.45) is 2.51. The van der Waals surface area contributed by atoms with Crippen LogP contribution in [-0.2, 0) is 11.8 Å². The quantitative estimate of drug-likeness (QED) is 0.550. The van der Waals surface area contributed by atoms with E-state index in [9.17, 15) is 14.9 Å². The van der Waals surface area contributed by atoms with E-state index in [4.69, 9.17) is 0 Å². The molecule has 8 heteroatoms. The van der Waals surface area contributed by atoms with E-state index < -0.39 is 4.92 Å². The molecule has 18 heavy (non-hydrogen) atoms. The smallest absolute Gasteiger partial charge is 0.364 e. The molecule has 0 saturated heterocycles. The Morgan fingerprint density at radius 3 is 2.89 bits per heavy atom. The summed E-state index contributed by atoms with van der Waals surface area (Å²) in [4.78, 5) is 25.1. The van der Waals surface area contributed by atoms with E-state index in [-0.39, 0.29) is 18.1 Å². The molecule has 0 aliphatic rings. The molecule has 0 unspecified atom stereocenters. The van der Waals surface area contributed by atoms with Gasteiger partial charge in [-0.15, -0.1) is 0 Å². The predicted octanol–water partition coefficient (Wildman–Crippen LogP) is 0.656. The first-order valence-corrected chi connectivity index (χ1v) is 5.72. The molecule has 0 saturated carbocycles. The molecule has 0 spiro atoms. The standard InChI is InChI=1S/C10H17N5O3/c1-3-5-11-8(16)4-6-12-9-10(15(17)18)13-7-14(9)2/h7,12H,3-6H2,1-2H3,(H,11,16). The van der Waals surface area contributed by atoms with E-state index in [1.165, 1.54) is 10.9 Å². The summed E-state index contributed by atoms with van der Waals surface area (Å²) in [6.45, 7) is 2.94. The number of anilines is 1. The summed E-state index contributed by atoms with van der Waals surface area (Å²) in [5, 5.41) is 16.3. The van der Waals surface area contributed by atoms with Crippen LogP contribution in [-0.4, -0.2) is 33.5 Å². The summed E-state index contributed by atoms with van der Waals surface area (Å²) in [6, 6.07) is 0. The minimum atomic E-state index is -0.556. The van der Waals surface area contributed by atoms with Crippen molar-refractivity contribution < 1.29 is 9.72 Å². The van der Waals surface area contributed by atoms with Crippen LogP contribution >= 0.6 is 0 Å². The highest BCUT2D eigenvalue weighted by Gasteiger charge is 2.19. The van der Waals surface area contributed by atoms with Crippen molar-refractivity contribution in [3.05, 3.63) is 16.4 Å². The maximum atomic E-state index is 11.3. The van der Waals surface area contributed by atoms with Crippen LogP contribution in [0.4, 0.5) is 11.6 Å². The fraction of sp³-hybridized carbons (Fsp3) is 0.600. The predicted molar refractivity (Wildman–Crippen MR) is 66.3 cm³/mol. The lowest BCUT2D eigenvalue weighted by atomic mass is 10.3. The van der Waals surface area contributed by atoms with Gasteiger partial charge < -0.3 is 20.7 Å². The van der Waals surface area contributed by atoms with Gasteiger partial charge in [-0.25, -0.2) is 0 Å². The number of imidazole rings is 1. The fourth-order valence-corrected chi connectivity index (χ4v) is 1.40. The van der Waals surface area contributed by atoms with Crippen LogP contribution in [0.2, 0.25) is 0 Å². The SMILES string of the molecule is CCCNC(=O)CCNc1c([N+](=O)[O-])ncn1C. The third-order valence-corrected chi connectivity index (χ3v) is 2.31. The number of nitrogens with one attached hydrogen (secondary N) is 2. The summed E-state index contributed by atoms with van der Waals surface area (Å²) in [5.41, 5.74) is 0. The molecule has 1 aromatic heterocycles. The molecule has 1 aromatic rings. The topological polar surface area (TPSA) is 102 Å². The third kappa shape index (κ3) is 3.72. The molecule has 1 rings (SSSR count). The Morgan fingerprint density at radius 2 is 2.28 bits per heavy atom. The van der Waals surface area contributed by atoms with Crippen molar-refractivity contribution in [1.29, 1.82) is 0 Å². The molecule has 100 valence electrons. The van der Waals surface area contributed by atoms with Crippen molar-refractivity contribution in [2.45, 2.75) is 19.8 Å². The molecule has 1 heterocycles. The second-order valence-corrected chi connectivity index (χ2v) is 3.81. The first-order valence-electron chi connectivity index (χ1n) is 5.72. The van der Waals surface area contributed by atoms with Gasteiger partial charge in [-0.1, -0.05) is 6.92 Å². The van der Waals surface area contributed by atoms with Crippen molar-refractivity contribution in [2.24, 2.45) is 7.05 Å². The lowest BCUT2D eigenvalue weighted by Gasteiger charge is -2.06. The maximum Gasteiger partial charge on any atom is 0.406 e. The largest absolute Gasteiger partial charge is 0.406 e. The van der Waals surface area contributed by atoms with Gasteiger partial charge >= 0.3 is 5.82 Å². The lowest BCUT2D eigenvalue weighted by Crippen LogP contribution is -2.26. The van der Waals surface area contributed by atoms with Crippen LogP contribution in [0, 0.1) is 10.1 Å². The number of aryl methyl sites for hydroxylation is 1. The molecule has 0 aromatic carbocycles. The number of nitro groups is 1. The Morgan fingerprint density at radius 1 is 1.56 bits per heavy atom. The molecule has 0 aliphatic carbocycles. The van der Waals surface area contributed by atoms with Crippen LogP contribution in [0.25, 0.3) is 0 Å². The van der Waals surface area contributed by atoms with Crippen molar-refractivity contribution in [3.63, 3.8) is 0 Å². The van der Waals surface area contributed by atoms with Gasteiger partial charge in [0, 0.05) is 26.6 Å². The Bertz CT molecular complexity index is 429. The van der Waals surface area contributed by atoms with Crippen LogP contribution in [0.1, 0.15) is 19.8 Å². The van der Waals surface area contributed by atoms with Gasteiger partial charge in [-0.3, -0.25) is 9.36 Å². The molecule has 8 nitrogen and oxygen atoms in total. The van der Waals surface area contributed by atoms with Crippen LogP contribution in [0.5, 0.6) is 0 Å². The van der Waals surface area contributed by atoms with Crippen LogP contribution in [0.15, 0.2) is 6.33 Å². The number of rotatable bonds is 7. The van der Waals surface area contributed by atoms with E-state index in [2.05, 4.69) is 15.6 Å². The van der Waals surface area contributed by atoms with Gasteiger partial charge in [0.2, 0.25) is 18.1 Å².